The lowest BCUT2D eigenvalue weighted by Gasteiger charge is -2.06. The zero-order valence-electron chi connectivity index (χ0n) is 10.4. The second-order valence-corrected chi connectivity index (χ2v) is 4.25. The Morgan fingerprint density at radius 3 is 2.78 bits per heavy atom. The van der Waals surface area contributed by atoms with E-state index in [0.717, 1.165) is 11.5 Å². The third-order valence-electron chi connectivity index (χ3n) is 2.18. The molecule has 7 nitrogen and oxygen atoms in total. The molecule has 1 aromatic rings. The van der Waals surface area contributed by atoms with E-state index in [-0.39, 0.29) is 17.6 Å². The van der Waals surface area contributed by atoms with Gasteiger partial charge in [-0.3, -0.25) is 9.59 Å². The Hall–Kier alpha value is -1.83. The molecular weight excluding hydrogens is 254 g/mol. The van der Waals surface area contributed by atoms with Crippen LogP contribution in [0.5, 0.6) is 0 Å². The van der Waals surface area contributed by atoms with Crippen LogP contribution in [-0.2, 0) is 4.79 Å². The van der Waals surface area contributed by atoms with Gasteiger partial charge in [-0.2, -0.15) is 4.37 Å². The minimum absolute atomic E-state index is 0.0380. The number of nitrogens with one attached hydrogen (secondary N) is 3. The molecule has 5 N–H and O–H groups in total. The van der Waals surface area contributed by atoms with Crippen LogP contribution in [0.25, 0.3) is 0 Å². The lowest BCUT2D eigenvalue weighted by molar-refractivity contribution is -0.120. The molecule has 0 aliphatic rings. The van der Waals surface area contributed by atoms with Crippen LogP contribution < -0.4 is 21.7 Å². The summed E-state index contributed by atoms with van der Waals surface area (Å²) in [6.45, 7) is 2.90. The van der Waals surface area contributed by atoms with Crippen molar-refractivity contribution in [1.82, 2.24) is 15.0 Å². The Morgan fingerprint density at radius 1 is 1.44 bits per heavy atom. The van der Waals surface area contributed by atoms with Crippen LogP contribution in [-0.4, -0.2) is 36.3 Å². The van der Waals surface area contributed by atoms with Crippen LogP contribution in [0.3, 0.4) is 0 Å². The Bertz CT molecular complexity index is 432. The number of anilines is 2. The van der Waals surface area contributed by atoms with Crippen LogP contribution >= 0.6 is 11.5 Å². The second kappa shape index (κ2) is 6.80. The molecule has 0 radical (unpaired) electrons. The highest BCUT2D eigenvalue weighted by molar-refractivity contribution is 7.11. The van der Waals surface area contributed by atoms with Gasteiger partial charge >= 0.3 is 0 Å². The Kier molecular flexibility index (Phi) is 5.37. The summed E-state index contributed by atoms with van der Waals surface area (Å²) in [7, 11) is 1.53. The second-order valence-electron chi connectivity index (χ2n) is 3.48. The van der Waals surface area contributed by atoms with E-state index in [1.54, 1.807) is 0 Å². The molecule has 0 saturated carbocycles. The number of carbonyl (C=O) groups excluding carboxylic acids is 2. The van der Waals surface area contributed by atoms with E-state index in [1.165, 1.54) is 7.05 Å². The molecule has 0 fully saturated rings. The monoisotopic (exact) mass is 271 g/mol. The van der Waals surface area contributed by atoms with Gasteiger partial charge in [0.15, 0.2) is 5.82 Å². The van der Waals surface area contributed by atoms with Crippen LogP contribution in [0.4, 0.5) is 10.8 Å². The van der Waals surface area contributed by atoms with Crippen molar-refractivity contribution in [2.24, 2.45) is 0 Å². The van der Waals surface area contributed by atoms with Crippen molar-refractivity contribution in [2.45, 2.75) is 13.3 Å². The molecule has 0 saturated heterocycles. The largest absolute Gasteiger partial charge is 0.382 e. The fourth-order valence-electron chi connectivity index (χ4n) is 1.34. The van der Waals surface area contributed by atoms with Crippen LogP contribution in [0.15, 0.2) is 0 Å². The molecule has 2 amide bonds. The number of amides is 2. The smallest absolute Gasteiger partial charge is 0.257 e. The van der Waals surface area contributed by atoms with Gasteiger partial charge in [0, 0.05) is 26.6 Å². The van der Waals surface area contributed by atoms with Gasteiger partial charge in [0.2, 0.25) is 5.91 Å². The summed E-state index contributed by atoms with van der Waals surface area (Å²) >= 11 is 1.11. The summed E-state index contributed by atoms with van der Waals surface area (Å²) in [5, 5.41) is 8.76. The van der Waals surface area contributed by atoms with E-state index >= 15 is 0 Å². The van der Waals surface area contributed by atoms with Gasteiger partial charge in [-0.1, -0.05) is 0 Å². The molecule has 18 heavy (non-hydrogen) atoms. The molecule has 0 aliphatic heterocycles. The number of nitrogens with zero attached hydrogens (tertiary/aromatic N) is 1. The third-order valence-corrected chi connectivity index (χ3v) is 3.00. The summed E-state index contributed by atoms with van der Waals surface area (Å²) in [6.07, 6.45) is 0.332. The summed E-state index contributed by atoms with van der Waals surface area (Å²) in [5.74, 6) is -0.134. The van der Waals surface area contributed by atoms with Gasteiger partial charge in [-0.15, -0.1) is 0 Å². The molecule has 1 aromatic heterocycles. The van der Waals surface area contributed by atoms with E-state index in [4.69, 9.17) is 5.73 Å². The Morgan fingerprint density at radius 2 is 2.17 bits per heavy atom. The average Bonchev–Trinajstić information content (AvgIpc) is 2.70. The average molecular weight is 271 g/mol. The number of rotatable bonds is 6. The van der Waals surface area contributed by atoms with Gasteiger partial charge in [-0.25, -0.2) is 0 Å². The number of aromatic nitrogens is 1. The highest BCUT2D eigenvalue weighted by Crippen LogP contribution is 2.26. The van der Waals surface area contributed by atoms with Gasteiger partial charge in [0.1, 0.15) is 10.6 Å². The quantitative estimate of drug-likeness (QED) is 0.583. The predicted octanol–water partition coefficient (Wildman–Crippen LogP) is 0.0230. The van der Waals surface area contributed by atoms with Crippen molar-refractivity contribution in [3.05, 3.63) is 5.56 Å². The van der Waals surface area contributed by atoms with Gasteiger partial charge < -0.3 is 21.7 Å². The first-order valence-corrected chi connectivity index (χ1v) is 6.35. The molecular formula is C10H17N5O2S. The summed E-state index contributed by atoms with van der Waals surface area (Å²) in [6, 6.07) is 0. The topological polar surface area (TPSA) is 109 Å². The fourth-order valence-corrected chi connectivity index (χ4v) is 2.08. The molecule has 0 aromatic carbocycles. The zero-order valence-corrected chi connectivity index (χ0v) is 11.2. The molecule has 1 rings (SSSR count). The van der Waals surface area contributed by atoms with E-state index in [2.05, 4.69) is 20.3 Å². The molecule has 100 valence electrons. The van der Waals surface area contributed by atoms with Crippen molar-refractivity contribution < 1.29 is 9.59 Å². The maximum atomic E-state index is 11.6. The van der Waals surface area contributed by atoms with Gasteiger partial charge in [-0.05, 0) is 18.5 Å². The lowest BCUT2D eigenvalue weighted by Crippen LogP contribution is -2.25. The molecule has 0 spiro atoms. The van der Waals surface area contributed by atoms with Crippen molar-refractivity contribution in [2.75, 3.05) is 31.2 Å². The van der Waals surface area contributed by atoms with Crippen LogP contribution in [0.2, 0.25) is 0 Å². The summed E-state index contributed by atoms with van der Waals surface area (Å²) < 4.78 is 3.92. The molecule has 0 aliphatic carbocycles. The first-order valence-electron chi connectivity index (χ1n) is 5.57. The van der Waals surface area contributed by atoms with E-state index in [1.807, 2.05) is 6.92 Å². The maximum absolute atomic E-state index is 11.6. The molecule has 8 heteroatoms. The van der Waals surface area contributed by atoms with Gasteiger partial charge in [0.25, 0.3) is 5.91 Å². The molecule has 0 unspecified atom stereocenters. The zero-order chi connectivity index (χ0) is 13.5. The number of nitrogen functional groups attached to an aromatic ring is 1. The number of hydrogen-bond acceptors (Lipinski definition) is 6. The Labute approximate surface area is 109 Å². The molecule has 0 atom stereocenters. The number of carbonyl (C=O) groups is 2. The first kappa shape index (κ1) is 14.2. The first-order chi connectivity index (χ1) is 8.60. The highest BCUT2D eigenvalue weighted by Gasteiger charge is 2.17. The minimum atomic E-state index is -0.290. The fraction of sp³-hybridized carbons (Fsp3) is 0.500. The van der Waals surface area contributed by atoms with Crippen molar-refractivity contribution >= 4 is 34.2 Å². The van der Waals surface area contributed by atoms with E-state index in [0.29, 0.717) is 30.1 Å². The van der Waals surface area contributed by atoms with E-state index < -0.39 is 0 Å². The van der Waals surface area contributed by atoms with Crippen LogP contribution in [0.1, 0.15) is 23.7 Å². The minimum Gasteiger partial charge on any atom is -0.382 e. The highest BCUT2D eigenvalue weighted by atomic mass is 32.1. The van der Waals surface area contributed by atoms with E-state index in [9.17, 15) is 9.59 Å². The molecule has 1 heterocycles. The number of hydrogen-bond donors (Lipinski definition) is 4. The Balaban J connectivity index is 2.57. The predicted molar refractivity (Wildman–Crippen MR) is 71.7 cm³/mol. The van der Waals surface area contributed by atoms with Crippen molar-refractivity contribution in [3.8, 4) is 0 Å². The lowest BCUT2D eigenvalue weighted by atomic mass is 10.3. The number of nitrogens with two attached hydrogens (primary N) is 1. The summed E-state index contributed by atoms with van der Waals surface area (Å²) in [4.78, 5) is 22.8. The SMILES string of the molecule is CCNC(=O)CCNc1snc(N)c1C(=O)NC. The third kappa shape index (κ3) is 3.59. The van der Waals surface area contributed by atoms with Crippen molar-refractivity contribution in [1.29, 1.82) is 0 Å². The van der Waals surface area contributed by atoms with Crippen LogP contribution in [0, 0.1) is 0 Å². The normalized spacial score (nSPS) is 9.89. The maximum Gasteiger partial charge on any atom is 0.257 e. The standard InChI is InChI=1S/C10H17N5O2S/c1-3-13-6(16)4-5-14-10-7(9(17)12-2)8(11)15-18-10/h14H,3-5H2,1-2H3,(H2,11,15)(H,12,17)(H,13,16). The van der Waals surface area contributed by atoms with Gasteiger partial charge in [0.05, 0.1) is 0 Å². The summed E-state index contributed by atoms with van der Waals surface area (Å²) in [5.41, 5.74) is 5.95. The molecule has 0 bridgehead atoms. The van der Waals surface area contributed by atoms with Crippen molar-refractivity contribution in [3.63, 3.8) is 0 Å².